The van der Waals surface area contributed by atoms with Crippen LogP contribution in [0.15, 0.2) is 29.8 Å². The van der Waals surface area contributed by atoms with Gasteiger partial charge in [0.25, 0.3) is 0 Å². The Balaban J connectivity index is 1.67. The summed E-state index contributed by atoms with van der Waals surface area (Å²) in [5.74, 6) is 2.23. The lowest BCUT2D eigenvalue weighted by Gasteiger charge is -2.32. The van der Waals surface area contributed by atoms with Crippen molar-refractivity contribution < 1.29 is 9.53 Å². The molecule has 0 amide bonds. The second kappa shape index (κ2) is 7.45. The minimum atomic E-state index is -0.266. The predicted molar refractivity (Wildman–Crippen MR) is 87.5 cm³/mol. The topological polar surface area (TPSA) is 84.0 Å². The number of piperidine rings is 1. The molecule has 2 aromatic heterocycles. The van der Waals surface area contributed by atoms with Crippen molar-refractivity contribution in [3.63, 3.8) is 0 Å². The van der Waals surface area contributed by atoms with Crippen LogP contribution in [-0.4, -0.2) is 51.9 Å². The summed E-state index contributed by atoms with van der Waals surface area (Å²) >= 11 is 1.34. The fourth-order valence-corrected chi connectivity index (χ4v) is 3.34. The molecule has 0 aromatic carbocycles. The van der Waals surface area contributed by atoms with Gasteiger partial charge in [0.15, 0.2) is 0 Å². The average molecular weight is 333 g/mol. The van der Waals surface area contributed by atoms with Crippen LogP contribution in [0.2, 0.25) is 0 Å². The molecule has 0 bridgehead atoms. The maximum atomic E-state index is 11.2. The lowest BCUT2D eigenvalue weighted by molar-refractivity contribution is -0.137. The normalized spacial score (nSPS) is 18.0. The number of imidazole rings is 1. The first-order chi connectivity index (χ1) is 11.3. The van der Waals surface area contributed by atoms with E-state index in [0.29, 0.717) is 5.92 Å². The van der Waals surface area contributed by atoms with Gasteiger partial charge in [-0.1, -0.05) is 11.8 Å². The second-order valence-electron chi connectivity index (χ2n) is 5.34. The van der Waals surface area contributed by atoms with Crippen molar-refractivity contribution in [1.82, 2.24) is 19.9 Å². The monoisotopic (exact) mass is 333 g/mol. The fourth-order valence-electron chi connectivity index (χ4n) is 2.66. The molecule has 23 heavy (non-hydrogen) atoms. The van der Waals surface area contributed by atoms with Crippen molar-refractivity contribution >= 4 is 23.5 Å². The Hall–Kier alpha value is -2.09. The molecule has 0 spiro atoms. The van der Waals surface area contributed by atoms with Crippen molar-refractivity contribution in [3.05, 3.63) is 30.6 Å². The highest BCUT2D eigenvalue weighted by molar-refractivity contribution is 7.99. The van der Waals surface area contributed by atoms with Gasteiger partial charge < -0.3 is 14.6 Å². The Morgan fingerprint density at radius 3 is 3.22 bits per heavy atom. The van der Waals surface area contributed by atoms with E-state index in [1.165, 1.54) is 18.9 Å². The van der Waals surface area contributed by atoms with E-state index in [1.807, 2.05) is 6.20 Å². The summed E-state index contributed by atoms with van der Waals surface area (Å²) in [5, 5.41) is 0.730. The largest absolute Gasteiger partial charge is 0.468 e. The Labute approximate surface area is 138 Å². The van der Waals surface area contributed by atoms with Crippen LogP contribution >= 0.6 is 11.8 Å². The third-order valence-electron chi connectivity index (χ3n) is 3.82. The molecule has 1 aliphatic rings. The number of nitrogens with zero attached hydrogens (tertiary/aromatic N) is 4. The molecule has 1 aliphatic heterocycles. The minimum absolute atomic E-state index is 0.240. The first-order valence-electron chi connectivity index (χ1n) is 7.52. The van der Waals surface area contributed by atoms with Crippen LogP contribution in [0, 0.1) is 0 Å². The number of thioether (sulfide) groups is 1. The van der Waals surface area contributed by atoms with E-state index in [2.05, 4.69) is 29.6 Å². The number of ether oxygens (including phenoxy) is 1. The van der Waals surface area contributed by atoms with E-state index in [-0.39, 0.29) is 11.7 Å². The molecule has 3 rings (SSSR count). The Morgan fingerprint density at radius 2 is 2.43 bits per heavy atom. The summed E-state index contributed by atoms with van der Waals surface area (Å²) in [5.41, 5.74) is 0. The molecule has 1 saturated heterocycles. The zero-order valence-corrected chi connectivity index (χ0v) is 13.8. The number of aromatic amines is 1. The molecule has 0 aliphatic carbocycles. The van der Waals surface area contributed by atoms with Gasteiger partial charge in [0, 0.05) is 31.4 Å². The van der Waals surface area contributed by atoms with E-state index < -0.39 is 0 Å². The van der Waals surface area contributed by atoms with E-state index >= 15 is 0 Å². The van der Waals surface area contributed by atoms with Gasteiger partial charge in [-0.3, -0.25) is 9.78 Å². The first-order valence-corrected chi connectivity index (χ1v) is 8.50. The fraction of sp³-hybridized carbons (Fsp3) is 0.467. The second-order valence-corrected chi connectivity index (χ2v) is 6.34. The molecule has 8 heteroatoms. The number of carbonyl (C=O) groups excluding carboxylic acids is 1. The van der Waals surface area contributed by atoms with Crippen LogP contribution in [-0.2, 0) is 9.53 Å². The molecule has 122 valence electrons. The zero-order chi connectivity index (χ0) is 16.1. The van der Waals surface area contributed by atoms with Gasteiger partial charge in [0.1, 0.15) is 16.7 Å². The van der Waals surface area contributed by atoms with Gasteiger partial charge in [-0.15, -0.1) is 0 Å². The average Bonchev–Trinajstić information content (AvgIpc) is 3.15. The number of aromatic nitrogens is 4. The molecule has 1 fully saturated rings. The predicted octanol–water partition coefficient (Wildman–Crippen LogP) is 1.85. The lowest BCUT2D eigenvalue weighted by Crippen LogP contribution is -2.35. The maximum absolute atomic E-state index is 11.2. The number of esters is 1. The molecule has 2 aromatic rings. The van der Waals surface area contributed by atoms with Crippen molar-refractivity contribution in [2.45, 2.75) is 23.8 Å². The van der Waals surface area contributed by atoms with Gasteiger partial charge in [0.05, 0.1) is 25.3 Å². The molecule has 1 atom stereocenters. The lowest BCUT2D eigenvalue weighted by atomic mass is 9.97. The van der Waals surface area contributed by atoms with E-state index in [4.69, 9.17) is 0 Å². The van der Waals surface area contributed by atoms with Gasteiger partial charge in [-0.05, 0) is 12.8 Å². The number of hydrogen-bond donors (Lipinski definition) is 1. The van der Waals surface area contributed by atoms with E-state index in [9.17, 15) is 4.79 Å². The Bertz CT molecular complexity index is 649. The van der Waals surface area contributed by atoms with Gasteiger partial charge in [-0.2, -0.15) is 0 Å². The minimum Gasteiger partial charge on any atom is -0.468 e. The third kappa shape index (κ3) is 4.01. The highest BCUT2D eigenvalue weighted by Gasteiger charge is 2.24. The molecule has 0 radical (unpaired) electrons. The number of nitrogens with one attached hydrogen (secondary N) is 1. The number of anilines is 1. The summed E-state index contributed by atoms with van der Waals surface area (Å²) < 4.78 is 4.65. The summed E-state index contributed by atoms with van der Waals surface area (Å²) in [6, 6.07) is 0. The van der Waals surface area contributed by atoms with Crippen LogP contribution in [0.25, 0.3) is 0 Å². The van der Waals surface area contributed by atoms with Crippen LogP contribution in [0.5, 0.6) is 0 Å². The quantitative estimate of drug-likeness (QED) is 0.660. The summed E-state index contributed by atoms with van der Waals surface area (Å²) in [4.78, 5) is 29.9. The molecular weight excluding hydrogens is 314 g/mol. The van der Waals surface area contributed by atoms with E-state index in [0.717, 1.165) is 42.6 Å². The summed E-state index contributed by atoms with van der Waals surface area (Å²) in [6.45, 7) is 1.82. The number of hydrogen-bond acceptors (Lipinski definition) is 7. The van der Waals surface area contributed by atoms with Crippen LogP contribution in [0.3, 0.4) is 0 Å². The molecule has 0 saturated carbocycles. The van der Waals surface area contributed by atoms with Crippen molar-refractivity contribution in [3.8, 4) is 0 Å². The Kier molecular flexibility index (Phi) is 5.12. The van der Waals surface area contributed by atoms with Crippen LogP contribution in [0.1, 0.15) is 24.6 Å². The summed E-state index contributed by atoms with van der Waals surface area (Å²) in [7, 11) is 1.38. The standard InChI is InChI=1S/C15H19N5O2S/c1-22-14(21)10-23-13-8-16-7-12(19-13)20-6-2-3-11(9-20)15-17-4-5-18-15/h4-5,7-8,11H,2-3,6,9-10H2,1H3,(H,17,18). The van der Waals surface area contributed by atoms with Crippen molar-refractivity contribution in [2.24, 2.45) is 0 Å². The van der Waals surface area contributed by atoms with Gasteiger partial charge in [0.2, 0.25) is 0 Å². The van der Waals surface area contributed by atoms with Crippen LogP contribution < -0.4 is 4.90 Å². The number of H-pyrrole nitrogens is 1. The van der Waals surface area contributed by atoms with Crippen molar-refractivity contribution in [1.29, 1.82) is 0 Å². The van der Waals surface area contributed by atoms with Crippen molar-refractivity contribution in [2.75, 3.05) is 30.9 Å². The van der Waals surface area contributed by atoms with E-state index in [1.54, 1.807) is 18.6 Å². The smallest absolute Gasteiger partial charge is 0.316 e. The third-order valence-corrected chi connectivity index (χ3v) is 4.69. The molecular formula is C15H19N5O2S. The highest BCUT2D eigenvalue weighted by Crippen LogP contribution is 2.28. The maximum Gasteiger partial charge on any atom is 0.316 e. The number of methoxy groups -OCH3 is 1. The Morgan fingerprint density at radius 1 is 1.52 bits per heavy atom. The SMILES string of the molecule is COC(=O)CSc1cncc(N2CCCC(c3ncc[nH]3)C2)n1. The first kappa shape index (κ1) is 15.8. The molecule has 3 heterocycles. The molecule has 1 unspecified atom stereocenters. The van der Waals surface area contributed by atoms with Gasteiger partial charge in [-0.25, -0.2) is 9.97 Å². The molecule has 7 nitrogen and oxygen atoms in total. The highest BCUT2D eigenvalue weighted by atomic mass is 32.2. The molecule has 1 N–H and O–H groups in total. The number of carbonyl (C=O) groups is 1. The van der Waals surface area contributed by atoms with Crippen LogP contribution in [0.4, 0.5) is 5.82 Å². The zero-order valence-electron chi connectivity index (χ0n) is 12.9. The number of rotatable bonds is 5. The summed E-state index contributed by atoms with van der Waals surface area (Å²) in [6.07, 6.45) is 9.30. The van der Waals surface area contributed by atoms with Gasteiger partial charge >= 0.3 is 5.97 Å².